The van der Waals surface area contributed by atoms with E-state index in [1.54, 1.807) is 0 Å². The van der Waals surface area contributed by atoms with Crippen LogP contribution in [-0.4, -0.2) is 45.4 Å². The zero-order valence-electron chi connectivity index (χ0n) is 11.9. The molecule has 0 aliphatic heterocycles. The Balaban J connectivity index is 3.01. The lowest BCUT2D eigenvalue weighted by Gasteiger charge is -2.07. The second-order valence-electron chi connectivity index (χ2n) is 4.21. The number of carbonyl (C=O) groups is 1. The Bertz CT molecular complexity index is 189. The monoisotopic (exact) mass is 259 g/mol. The van der Waals surface area contributed by atoms with Gasteiger partial charge in [0.2, 0.25) is 0 Å². The van der Waals surface area contributed by atoms with Gasteiger partial charge >= 0.3 is 6.03 Å². The fourth-order valence-electron chi connectivity index (χ4n) is 1.43. The summed E-state index contributed by atoms with van der Waals surface area (Å²) in [7, 11) is 0. The van der Waals surface area contributed by atoms with Gasteiger partial charge in [-0.15, -0.1) is 0 Å². The summed E-state index contributed by atoms with van der Waals surface area (Å²) in [6, 6.07) is -0.0994. The average molecular weight is 259 g/mol. The van der Waals surface area contributed by atoms with Crippen LogP contribution in [-0.2, 0) is 4.74 Å². The predicted molar refractivity (Wildman–Crippen MR) is 74.9 cm³/mol. The fourth-order valence-corrected chi connectivity index (χ4v) is 1.43. The molecule has 0 spiro atoms. The molecule has 0 heterocycles. The largest absolute Gasteiger partial charge is 0.381 e. The van der Waals surface area contributed by atoms with Crippen LogP contribution in [0.4, 0.5) is 4.79 Å². The maximum absolute atomic E-state index is 11.0. The van der Waals surface area contributed by atoms with Crippen LogP contribution in [0.2, 0.25) is 0 Å². The topological polar surface area (TPSA) is 62.4 Å². The van der Waals surface area contributed by atoms with Crippen LogP contribution < -0.4 is 16.0 Å². The summed E-state index contributed by atoms with van der Waals surface area (Å²) in [5, 5.41) is 8.82. The molecule has 0 aromatic carbocycles. The number of hydrogen-bond acceptors (Lipinski definition) is 3. The van der Waals surface area contributed by atoms with E-state index in [4.69, 9.17) is 4.74 Å². The van der Waals surface area contributed by atoms with Gasteiger partial charge < -0.3 is 20.7 Å². The summed E-state index contributed by atoms with van der Waals surface area (Å²) >= 11 is 0. The third kappa shape index (κ3) is 13.3. The lowest BCUT2D eigenvalue weighted by Crippen LogP contribution is -2.36. The normalized spacial score (nSPS) is 10.3. The molecule has 18 heavy (non-hydrogen) atoms. The van der Waals surface area contributed by atoms with Crippen molar-refractivity contribution in [3.8, 4) is 0 Å². The van der Waals surface area contributed by atoms with Crippen molar-refractivity contribution in [3.63, 3.8) is 0 Å². The van der Waals surface area contributed by atoms with Gasteiger partial charge in [0.05, 0.1) is 0 Å². The van der Waals surface area contributed by atoms with Crippen LogP contribution >= 0.6 is 0 Å². The molecule has 0 aromatic heterocycles. The first-order chi connectivity index (χ1) is 8.81. The van der Waals surface area contributed by atoms with E-state index in [-0.39, 0.29) is 6.03 Å². The summed E-state index contributed by atoms with van der Waals surface area (Å²) in [6.07, 6.45) is 4.39. The number of nitrogens with one attached hydrogen (secondary N) is 3. The number of hydrogen-bond donors (Lipinski definition) is 3. The minimum absolute atomic E-state index is 0.0994. The highest BCUT2D eigenvalue weighted by Gasteiger charge is 1.96. The summed E-state index contributed by atoms with van der Waals surface area (Å²) < 4.78 is 5.47. The first-order valence-electron chi connectivity index (χ1n) is 7.11. The molecule has 0 radical (unpaired) electrons. The van der Waals surface area contributed by atoms with Crippen LogP contribution in [0.3, 0.4) is 0 Å². The standard InChI is InChI=1S/C13H29N3O2/c1-3-5-8-14-9-6-11-18-12-7-10-16-13(17)15-4-2/h14H,3-12H2,1-2H3,(H2,15,16,17). The zero-order chi connectivity index (χ0) is 13.5. The Hall–Kier alpha value is -0.810. The minimum Gasteiger partial charge on any atom is -0.381 e. The van der Waals surface area contributed by atoms with Crippen LogP contribution in [0.25, 0.3) is 0 Å². The van der Waals surface area contributed by atoms with E-state index in [0.29, 0.717) is 19.7 Å². The molecule has 0 unspecified atom stereocenters. The van der Waals surface area contributed by atoms with Gasteiger partial charge in [-0.3, -0.25) is 0 Å². The summed E-state index contributed by atoms with van der Waals surface area (Å²) in [6.45, 7) is 9.05. The van der Waals surface area contributed by atoms with E-state index < -0.39 is 0 Å². The van der Waals surface area contributed by atoms with Crippen molar-refractivity contribution in [1.29, 1.82) is 0 Å². The third-order valence-electron chi connectivity index (χ3n) is 2.44. The third-order valence-corrected chi connectivity index (χ3v) is 2.44. The maximum atomic E-state index is 11.0. The van der Waals surface area contributed by atoms with Gasteiger partial charge in [-0.05, 0) is 39.3 Å². The molecule has 0 fully saturated rings. The van der Waals surface area contributed by atoms with Crippen LogP contribution in [0.5, 0.6) is 0 Å². The molecule has 3 N–H and O–H groups in total. The summed E-state index contributed by atoms with van der Waals surface area (Å²) in [4.78, 5) is 11.0. The highest BCUT2D eigenvalue weighted by molar-refractivity contribution is 5.73. The molecule has 2 amide bonds. The molecule has 0 saturated heterocycles. The van der Waals surface area contributed by atoms with E-state index in [1.165, 1.54) is 12.8 Å². The van der Waals surface area contributed by atoms with E-state index in [2.05, 4.69) is 22.9 Å². The average Bonchev–Trinajstić information content (AvgIpc) is 2.36. The Morgan fingerprint density at radius 1 is 0.944 bits per heavy atom. The number of unbranched alkanes of at least 4 members (excludes halogenated alkanes) is 1. The molecule has 0 aromatic rings. The quantitative estimate of drug-likeness (QED) is 0.465. The Kier molecular flexibility index (Phi) is 13.6. The molecule has 0 aliphatic rings. The van der Waals surface area contributed by atoms with Crippen molar-refractivity contribution in [1.82, 2.24) is 16.0 Å². The van der Waals surface area contributed by atoms with Crippen molar-refractivity contribution in [2.75, 3.05) is 39.4 Å². The molecular formula is C13H29N3O2. The van der Waals surface area contributed by atoms with Gasteiger partial charge in [0.15, 0.2) is 0 Å². The SMILES string of the molecule is CCCCNCCCOCCCNC(=O)NCC. The maximum Gasteiger partial charge on any atom is 0.314 e. The predicted octanol–water partition coefficient (Wildman–Crippen LogP) is 1.49. The van der Waals surface area contributed by atoms with E-state index in [9.17, 15) is 4.79 Å². The van der Waals surface area contributed by atoms with Crippen LogP contribution in [0.1, 0.15) is 39.5 Å². The molecule has 0 atom stereocenters. The van der Waals surface area contributed by atoms with E-state index in [1.807, 2.05) is 6.92 Å². The molecule has 0 saturated carbocycles. The number of rotatable bonds is 12. The Labute approximate surface area is 111 Å². The molecule has 5 nitrogen and oxygen atoms in total. The molecule has 0 rings (SSSR count). The first-order valence-corrected chi connectivity index (χ1v) is 7.11. The smallest absolute Gasteiger partial charge is 0.314 e. The highest BCUT2D eigenvalue weighted by atomic mass is 16.5. The van der Waals surface area contributed by atoms with Crippen LogP contribution in [0, 0.1) is 0 Å². The molecule has 5 heteroatoms. The number of carbonyl (C=O) groups excluding carboxylic acids is 1. The van der Waals surface area contributed by atoms with Crippen molar-refractivity contribution in [2.24, 2.45) is 0 Å². The van der Waals surface area contributed by atoms with Gasteiger partial charge in [0.1, 0.15) is 0 Å². The second kappa shape index (κ2) is 14.3. The molecule has 108 valence electrons. The Morgan fingerprint density at radius 2 is 1.61 bits per heavy atom. The summed E-state index contributed by atoms with van der Waals surface area (Å²) in [5.41, 5.74) is 0. The van der Waals surface area contributed by atoms with Crippen molar-refractivity contribution in [2.45, 2.75) is 39.5 Å². The number of amides is 2. The number of ether oxygens (including phenoxy) is 1. The summed E-state index contributed by atoms with van der Waals surface area (Å²) in [5.74, 6) is 0. The Morgan fingerprint density at radius 3 is 2.28 bits per heavy atom. The van der Waals surface area contributed by atoms with Gasteiger partial charge in [-0.2, -0.15) is 0 Å². The minimum atomic E-state index is -0.0994. The van der Waals surface area contributed by atoms with Crippen molar-refractivity contribution in [3.05, 3.63) is 0 Å². The molecule has 0 bridgehead atoms. The fraction of sp³-hybridized carbons (Fsp3) is 0.923. The van der Waals surface area contributed by atoms with Crippen molar-refractivity contribution >= 4 is 6.03 Å². The zero-order valence-corrected chi connectivity index (χ0v) is 11.9. The van der Waals surface area contributed by atoms with Gasteiger partial charge in [0.25, 0.3) is 0 Å². The lowest BCUT2D eigenvalue weighted by molar-refractivity contribution is 0.129. The highest BCUT2D eigenvalue weighted by Crippen LogP contribution is 1.86. The van der Waals surface area contributed by atoms with Gasteiger partial charge in [-0.1, -0.05) is 13.3 Å². The molecular weight excluding hydrogens is 230 g/mol. The van der Waals surface area contributed by atoms with Gasteiger partial charge in [0, 0.05) is 26.3 Å². The van der Waals surface area contributed by atoms with Crippen LogP contribution in [0.15, 0.2) is 0 Å². The second-order valence-corrected chi connectivity index (χ2v) is 4.21. The van der Waals surface area contributed by atoms with E-state index in [0.717, 1.165) is 32.5 Å². The lowest BCUT2D eigenvalue weighted by atomic mass is 10.3. The first kappa shape index (κ1) is 17.2. The number of urea groups is 1. The van der Waals surface area contributed by atoms with Crippen molar-refractivity contribution < 1.29 is 9.53 Å². The van der Waals surface area contributed by atoms with E-state index >= 15 is 0 Å². The van der Waals surface area contributed by atoms with Gasteiger partial charge in [-0.25, -0.2) is 4.79 Å². The molecule has 0 aliphatic carbocycles.